The fourth-order valence-electron chi connectivity index (χ4n) is 2.42. The fourth-order valence-corrected chi connectivity index (χ4v) is 2.42. The van der Waals surface area contributed by atoms with E-state index in [1.165, 1.54) is 0 Å². The van der Waals surface area contributed by atoms with Gasteiger partial charge in [0.25, 0.3) is 5.91 Å². The smallest absolute Gasteiger partial charge is 0.256 e. The predicted molar refractivity (Wildman–Crippen MR) is 70.2 cm³/mol. The van der Waals surface area contributed by atoms with Crippen LogP contribution in [0.15, 0.2) is 36.5 Å². The maximum Gasteiger partial charge on any atom is 0.256 e. The lowest BCUT2D eigenvalue weighted by Gasteiger charge is -2.16. The lowest BCUT2D eigenvalue weighted by Crippen LogP contribution is -2.32. The maximum atomic E-state index is 12.4. The highest BCUT2D eigenvalue weighted by molar-refractivity contribution is 6.05. The van der Waals surface area contributed by atoms with Crippen molar-refractivity contribution in [2.45, 2.75) is 12.5 Å². The number of amides is 1. The van der Waals surface area contributed by atoms with Crippen molar-refractivity contribution in [2.24, 2.45) is 5.73 Å². The molecule has 0 saturated carbocycles. The zero-order chi connectivity index (χ0) is 12.5. The van der Waals surface area contributed by atoms with Gasteiger partial charge in [0.1, 0.15) is 0 Å². The quantitative estimate of drug-likeness (QED) is 0.821. The Labute approximate surface area is 105 Å². The van der Waals surface area contributed by atoms with Crippen molar-refractivity contribution in [2.75, 3.05) is 13.1 Å². The van der Waals surface area contributed by atoms with E-state index in [2.05, 4.69) is 4.98 Å². The van der Waals surface area contributed by atoms with Crippen molar-refractivity contribution in [3.05, 3.63) is 42.1 Å². The summed E-state index contributed by atoms with van der Waals surface area (Å²) in [5.74, 6) is 0.0345. The first-order chi connectivity index (χ1) is 8.75. The molecule has 0 unspecified atom stereocenters. The van der Waals surface area contributed by atoms with Gasteiger partial charge in [0, 0.05) is 30.7 Å². The third-order valence-electron chi connectivity index (χ3n) is 3.38. The van der Waals surface area contributed by atoms with Crippen LogP contribution in [0.5, 0.6) is 0 Å². The van der Waals surface area contributed by atoms with Crippen LogP contribution >= 0.6 is 0 Å². The van der Waals surface area contributed by atoms with Gasteiger partial charge in [0.2, 0.25) is 0 Å². The summed E-state index contributed by atoms with van der Waals surface area (Å²) in [5.41, 5.74) is 7.28. The van der Waals surface area contributed by atoms with Crippen molar-refractivity contribution in [1.82, 2.24) is 9.88 Å². The summed E-state index contributed by atoms with van der Waals surface area (Å²) in [6.07, 6.45) is 2.60. The standard InChI is InChI=1S/C14H15N3O/c15-11-6-8-17(9-11)14(18)12-5-1-3-10-4-2-7-16-13(10)12/h1-5,7,11H,6,8-9,15H2/t11-/m0/s1. The molecule has 1 amide bonds. The molecule has 4 heteroatoms. The minimum atomic E-state index is 0.0345. The molecule has 0 spiro atoms. The predicted octanol–water partition coefficient (Wildman–Crippen LogP) is 1.41. The zero-order valence-corrected chi connectivity index (χ0v) is 10.0. The van der Waals surface area contributed by atoms with Gasteiger partial charge in [0.05, 0.1) is 11.1 Å². The molecule has 2 N–H and O–H groups in total. The molecule has 1 aromatic heterocycles. The maximum absolute atomic E-state index is 12.4. The first-order valence-corrected chi connectivity index (χ1v) is 6.14. The van der Waals surface area contributed by atoms with Gasteiger partial charge in [-0.1, -0.05) is 18.2 Å². The van der Waals surface area contributed by atoms with Gasteiger partial charge in [-0.15, -0.1) is 0 Å². The van der Waals surface area contributed by atoms with E-state index < -0.39 is 0 Å². The molecule has 1 aromatic carbocycles. The molecule has 1 aliphatic rings. The normalized spacial score (nSPS) is 19.4. The Morgan fingerprint density at radius 3 is 2.94 bits per heavy atom. The molecular formula is C14H15N3O. The number of rotatable bonds is 1. The lowest BCUT2D eigenvalue weighted by molar-refractivity contribution is 0.0792. The Morgan fingerprint density at radius 2 is 2.17 bits per heavy atom. The van der Waals surface area contributed by atoms with Crippen LogP contribution in [0.3, 0.4) is 0 Å². The Bertz CT molecular complexity index is 591. The van der Waals surface area contributed by atoms with Crippen LogP contribution in [0.25, 0.3) is 10.9 Å². The summed E-state index contributed by atoms with van der Waals surface area (Å²) in [7, 11) is 0. The molecule has 1 atom stereocenters. The van der Waals surface area contributed by atoms with Crippen LogP contribution < -0.4 is 5.73 Å². The van der Waals surface area contributed by atoms with Crippen LogP contribution in [-0.4, -0.2) is 34.9 Å². The highest BCUT2D eigenvalue weighted by atomic mass is 16.2. The lowest BCUT2D eigenvalue weighted by atomic mass is 10.1. The van der Waals surface area contributed by atoms with Crippen LogP contribution in [0.2, 0.25) is 0 Å². The highest BCUT2D eigenvalue weighted by Gasteiger charge is 2.25. The van der Waals surface area contributed by atoms with E-state index in [1.54, 1.807) is 6.20 Å². The number of carbonyl (C=O) groups is 1. The SMILES string of the molecule is N[C@H]1CCN(C(=O)c2cccc3cccnc23)C1. The summed E-state index contributed by atoms with van der Waals surface area (Å²) in [6, 6.07) is 9.65. The van der Waals surface area contributed by atoms with Crippen LogP contribution in [0.1, 0.15) is 16.8 Å². The van der Waals surface area contributed by atoms with Crippen molar-refractivity contribution in [3.63, 3.8) is 0 Å². The van der Waals surface area contributed by atoms with Gasteiger partial charge >= 0.3 is 0 Å². The summed E-state index contributed by atoms with van der Waals surface area (Å²) in [6.45, 7) is 1.38. The average molecular weight is 241 g/mol. The molecule has 0 radical (unpaired) electrons. The second-order valence-corrected chi connectivity index (χ2v) is 4.68. The largest absolute Gasteiger partial charge is 0.337 e. The number of aromatic nitrogens is 1. The molecule has 18 heavy (non-hydrogen) atoms. The second kappa shape index (κ2) is 4.38. The third kappa shape index (κ3) is 1.84. The zero-order valence-electron chi connectivity index (χ0n) is 10.0. The first kappa shape index (κ1) is 11.2. The number of para-hydroxylation sites is 1. The van der Waals surface area contributed by atoms with E-state index in [4.69, 9.17) is 5.73 Å². The molecule has 0 aliphatic carbocycles. The number of fused-ring (bicyclic) bond motifs is 1. The number of likely N-dealkylation sites (tertiary alicyclic amines) is 1. The van der Waals surface area contributed by atoms with Gasteiger partial charge in [-0.05, 0) is 18.6 Å². The fraction of sp³-hybridized carbons (Fsp3) is 0.286. The molecule has 1 fully saturated rings. The molecule has 1 aliphatic heterocycles. The topological polar surface area (TPSA) is 59.2 Å². The van der Waals surface area contributed by atoms with Crippen LogP contribution in [0, 0.1) is 0 Å². The van der Waals surface area contributed by atoms with Crippen molar-refractivity contribution in [3.8, 4) is 0 Å². The molecular weight excluding hydrogens is 226 g/mol. The Hall–Kier alpha value is -1.94. The van der Waals surface area contributed by atoms with Crippen LogP contribution in [0.4, 0.5) is 0 Å². The van der Waals surface area contributed by atoms with Crippen molar-refractivity contribution in [1.29, 1.82) is 0 Å². The van der Waals surface area contributed by atoms with E-state index in [1.807, 2.05) is 35.2 Å². The minimum Gasteiger partial charge on any atom is -0.337 e. The number of hydrogen-bond acceptors (Lipinski definition) is 3. The molecule has 3 rings (SSSR count). The summed E-state index contributed by atoms with van der Waals surface area (Å²) in [4.78, 5) is 18.6. The third-order valence-corrected chi connectivity index (χ3v) is 3.38. The number of pyridine rings is 1. The average Bonchev–Trinajstić information content (AvgIpc) is 2.84. The van der Waals surface area contributed by atoms with Gasteiger partial charge in [-0.3, -0.25) is 9.78 Å². The Kier molecular flexibility index (Phi) is 2.72. The Balaban J connectivity index is 2.01. The van der Waals surface area contributed by atoms with E-state index in [-0.39, 0.29) is 11.9 Å². The molecule has 1 saturated heterocycles. The number of hydrogen-bond donors (Lipinski definition) is 1. The summed E-state index contributed by atoms with van der Waals surface area (Å²) in [5, 5.41) is 0.992. The molecule has 4 nitrogen and oxygen atoms in total. The summed E-state index contributed by atoms with van der Waals surface area (Å²) < 4.78 is 0. The summed E-state index contributed by atoms with van der Waals surface area (Å²) >= 11 is 0. The van der Waals surface area contributed by atoms with E-state index in [0.717, 1.165) is 23.9 Å². The number of nitrogens with two attached hydrogens (primary N) is 1. The van der Waals surface area contributed by atoms with E-state index >= 15 is 0 Å². The van der Waals surface area contributed by atoms with E-state index in [9.17, 15) is 4.79 Å². The minimum absolute atomic E-state index is 0.0345. The number of nitrogens with zero attached hydrogens (tertiary/aromatic N) is 2. The molecule has 0 bridgehead atoms. The van der Waals surface area contributed by atoms with Gasteiger partial charge in [-0.25, -0.2) is 0 Å². The van der Waals surface area contributed by atoms with Crippen LogP contribution in [-0.2, 0) is 0 Å². The Morgan fingerprint density at radius 1 is 1.33 bits per heavy atom. The van der Waals surface area contributed by atoms with Gasteiger partial charge < -0.3 is 10.6 Å². The first-order valence-electron chi connectivity index (χ1n) is 6.14. The highest BCUT2D eigenvalue weighted by Crippen LogP contribution is 2.19. The van der Waals surface area contributed by atoms with Crippen molar-refractivity contribution < 1.29 is 4.79 Å². The molecule has 2 aromatic rings. The molecule has 2 heterocycles. The number of benzene rings is 1. The van der Waals surface area contributed by atoms with Gasteiger partial charge in [-0.2, -0.15) is 0 Å². The van der Waals surface area contributed by atoms with Crippen molar-refractivity contribution >= 4 is 16.8 Å². The second-order valence-electron chi connectivity index (χ2n) is 4.68. The van der Waals surface area contributed by atoms with E-state index in [0.29, 0.717) is 12.1 Å². The monoisotopic (exact) mass is 241 g/mol. The number of carbonyl (C=O) groups excluding carboxylic acids is 1. The van der Waals surface area contributed by atoms with Gasteiger partial charge in [0.15, 0.2) is 0 Å². The molecule has 92 valence electrons.